The third-order valence-electron chi connectivity index (χ3n) is 6.83. The van der Waals surface area contributed by atoms with Crippen molar-refractivity contribution in [3.63, 3.8) is 0 Å². The minimum atomic E-state index is -0.698. The Morgan fingerprint density at radius 2 is 1.90 bits per heavy atom. The maximum atomic E-state index is 13.4. The fourth-order valence-corrected chi connectivity index (χ4v) is 5.03. The van der Waals surface area contributed by atoms with E-state index < -0.39 is 5.60 Å². The van der Waals surface area contributed by atoms with Gasteiger partial charge in [-0.05, 0) is 49.3 Å². The summed E-state index contributed by atoms with van der Waals surface area (Å²) in [5.41, 5.74) is 3.26. The first-order valence-corrected chi connectivity index (χ1v) is 10.7. The number of rotatable bonds is 3. The van der Waals surface area contributed by atoms with Crippen LogP contribution in [0, 0.1) is 18.8 Å². The van der Waals surface area contributed by atoms with Gasteiger partial charge in [0.25, 0.3) is 5.91 Å². The van der Waals surface area contributed by atoms with Crippen molar-refractivity contribution >= 4 is 5.91 Å². The van der Waals surface area contributed by atoms with Gasteiger partial charge < -0.3 is 14.7 Å². The summed E-state index contributed by atoms with van der Waals surface area (Å²) in [6, 6.07) is 16.1. The van der Waals surface area contributed by atoms with Crippen molar-refractivity contribution in [3.8, 4) is 11.1 Å². The Morgan fingerprint density at radius 3 is 2.62 bits per heavy atom. The van der Waals surface area contributed by atoms with E-state index in [0.29, 0.717) is 19.5 Å². The molecule has 0 spiro atoms. The molecule has 2 saturated heterocycles. The Labute approximate surface area is 173 Å². The Hall–Kier alpha value is -2.17. The first-order valence-electron chi connectivity index (χ1n) is 10.7. The van der Waals surface area contributed by atoms with Crippen LogP contribution in [0.4, 0.5) is 0 Å². The zero-order valence-corrected chi connectivity index (χ0v) is 17.4. The van der Waals surface area contributed by atoms with Crippen LogP contribution in [0.3, 0.4) is 0 Å². The lowest BCUT2D eigenvalue weighted by molar-refractivity contribution is -0.125. The molecule has 4 rings (SSSR count). The number of hydrogen-bond acceptors (Lipinski definition) is 3. The van der Waals surface area contributed by atoms with Crippen LogP contribution in [0.25, 0.3) is 11.1 Å². The second kappa shape index (κ2) is 8.29. The van der Waals surface area contributed by atoms with Crippen molar-refractivity contribution in [3.05, 3.63) is 59.7 Å². The zero-order valence-electron chi connectivity index (χ0n) is 17.4. The van der Waals surface area contributed by atoms with Gasteiger partial charge in [-0.2, -0.15) is 0 Å². The Morgan fingerprint density at radius 1 is 1.14 bits per heavy atom. The molecule has 0 saturated carbocycles. The predicted octanol–water partition coefficient (Wildman–Crippen LogP) is 4.30. The van der Waals surface area contributed by atoms with Gasteiger partial charge >= 0.3 is 0 Å². The molecule has 0 aromatic heterocycles. The number of carbonyl (C=O) groups excluding carboxylic acids is 1. The minimum Gasteiger partial charge on any atom is -0.389 e. The Balaban J connectivity index is 1.54. The molecule has 2 aliphatic rings. The highest BCUT2D eigenvalue weighted by atomic mass is 16.5. The van der Waals surface area contributed by atoms with E-state index >= 15 is 0 Å². The maximum absolute atomic E-state index is 13.4. The molecule has 0 unspecified atom stereocenters. The van der Waals surface area contributed by atoms with Crippen molar-refractivity contribution in [1.82, 2.24) is 4.90 Å². The van der Waals surface area contributed by atoms with E-state index in [4.69, 9.17) is 4.74 Å². The van der Waals surface area contributed by atoms with Crippen LogP contribution in [0.1, 0.15) is 42.1 Å². The molecule has 4 nitrogen and oxygen atoms in total. The third-order valence-corrected chi connectivity index (χ3v) is 6.83. The van der Waals surface area contributed by atoms with Gasteiger partial charge in [0.05, 0.1) is 5.60 Å². The van der Waals surface area contributed by atoms with Gasteiger partial charge in [-0.25, -0.2) is 0 Å². The molecule has 2 atom stereocenters. The minimum absolute atomic E-state index is 0.0504. The van der Waals surface area contributed by atoms with Crippen LogP contribution in [-0.2, 0) is 4.74 Å². The first kappa shape index (κ1) is 20.1. The summed E-state index contributed by atoms with van der Waals surface area (Å²) in [4.78, 5) is 15.4. The molecule has 2 aromatic carbocycles. The van der Waals surface area contributed by atoms with Crippen molar-refractivity contribution in [2.45, 2.75) is 38.7 Å². The maximum Gasteiger partial charge on any atom is 0.254 e. The summed E-state index contributed by atoms with van der Waals surface area (Å²) >= 11 is 0. The normalized spacial score (nSPS) is 25.8. The molecular formula is C25H31NO3. The number of ether oxygens (including phenoxy) is 1. The number of benzene rings is 2. The molecule has 2 heterocycles. The molecule has 1 N–H and O–H groups in total. The van der Waals surface area contributed by atoms with E-state index in [2.05, 4.69) is 32.0 Å². The van der Waals surface area contributed by atoms with E-state index in [1.54, 1.807) is 0 Å². The summed E-state index contributed by atoms with van der Waals surface area (Å²) in [5.74, 6) is 0.375. The van der Waals surface area contributed by atoms with Crippen molar-refractivity contribution < 1.29 is 14.6 Å². The lowest BCUT2D eigenvalue weighted by Crippen LogP contribution is -2.56. The van der Waals surface area contributed by atoms with Gasteiger partial charge in [0, 0.05) is 37.8 Å². The number of aliphatic hydroxyl groups is 1. The largest absolute Gasteiger partial charge is 0.389 e. The highest BCUT2D eigenvalue weighted by Gasteiger charge is 2.46. The second-order valence-electron chi connectivity index (χ2n) is 8.70. The number of nitrogens with zero attached hydrogens (tertiary/aromatic N) is 1. The zero-order chi connectivity index (χ0) is 20.4. The molecule has 154 valence electrons. The van der Waals surface area contributed by atoms with Crippen molar-refractivity contribution in [2.75, 3.05) is 26.3 Å². The molecule has 4 heteroatoms. The number of likely N-dealkylation sites (tertiary alicyclic amines) is 1. The molecule has 0 aliphatic carbocycles. The third kappa shape index (κ3) is 3.96. The van der Waals surface area contributed by atoms with Gasteiger partial charge in [-0.15, -0.1) is 0 Å². The highest BCUT2D eigenvalue weighted by Crippen LogP contribution is 2.40. The van der Waals surface area contributed by atoms with Crippen molar-refractivity contribution in [1.29, 1.82) is 0 Å². The number of hydrogen-bond donors (Lipinski definition) is 1. The molecular weight excluding hydrogens is 362 g/mol. The molecule has 0 bridgehead atoms. The average Bonchev–Trinajstić information content (AvgIpc) is 2.76. The fraction of sp³-hybridized carbons (Fsp3) is 0.480. The van der Waals surface area contributed by atoms with Gasteiger partial charge in [-0.1, -0.05) is 55.0 Å². The number of amides is 1. The predicted molar refractivity (Wildman–Crippen MR) is 115 cm³/mol. The molecule has 1 amide bonds. The van der Waals surface area contributed by atoms with Crippen LogP contribution in [0.15, 0.2) is 48.5 Å². The van der Waals surface area contributed by atoms with E-state index in [0.717, 1.165) is 42.7 Å². The van der Waals surface area contributed by atoms with E-state index in [1.807, 2.05) is 35.2 Å². The smallest absolute Gasteiger partial charge is 0.254 e. The van der Waals surface area contributed by atoms with E-state index in [9.17, 15) is 9.90 Å². The lowest BCUT2D eigenvalue weighted by atomic mass is 9.70. The van der Waals surface area contributed by atoms with Gasteiger partial charge in [0.2, 0.25) is 0 Å². The van der Waals surface area contributed by atoms with Gasteiger partial charge in [0.1, 0.15) is 0 Å². The van der Waals surface area contributed by atoms with Crippen molar-refractivity contribution in [2.24, 2.45) is 11.8 Å². The van der Waals surface area contributed by atoms with Crippen LogP contribution >= 0.6 is 0 Å². The average molecular weight is 394 g/mol. The van der Waals surface area contributed by atoms with E-state index in [1.165, 1.54) is 5.56 Å². The summed E-state index contributed by atoms with van der Waals surface area (Å²) < 4.78 is 5.48. The molecule has 0 radical (unpaired) electrons. The van der Waals surface area contributed by atoms with Crippen LogP contribution < -0.4 is 0 Å². The highest BCUT2D eigenvalue weighted by molar-refractivity contribution is 6.01. The summed E-state index contributed by atoms with van der Waals surface area (Å²) in [6.07, 6.45) is 2.45. The van der Waals surface area contributed by atoms with Gasteiger partial charge in [-0.3, -0.25) is 4.79 Å². The standard InChI is InChI=1S/C25H31NO3/c1-18-6-5-7-20(16-18)22-8-3-4-9-23(22)24(27)26-13-12-25(28,19(2)17-26)21-10-14-29-15-11-21/h3-9,16,19,21,28H,10-15,17H2,1-2H3/t19-,25+/m1/s1. The monoisotopic (exact) mass is 393 g/mol. The Kier molecular flexibility index (Phi) is 5.75. The van der Waals surface area contributed by atoms with Crippen LogP contribution in [0.5, 0.6) is 0 Å². The molecule has 2 fully saturated rings. The fourth-order valence-electron chi connectivity index (χ4n) is 5.03. The second-order valence-corrected chi connectivity index (χ2v) is 8.70. The summed E-state index contributed by atoms with van der Waals surface area (Å²) in [6.45, 7) is 6.80. The lowest BCUT2D eigenvalue weighted by Gasteiger charge is -2.48. The first-order chi connectivity index (χ1) is 14.0. The van der Waals surface area contributed by atoms with Crippen LogP contribution in [-0.4, -0.2) is 47.8 Å². The number of piperidine rings is 1. The topological polar surface area (TPSA) is 49.8 Å². The SMILES string of the molecule is Cc1cccc(-c2ccccc2C(=O)N2CC[C@@](O)(C3CCOCC3)[C@H](C)C2)c1. The number of carbonyl (C=O) groups is 1. The Bertz CT molecular complexity index is 874. The summed E-state index contributed by atoms with van der Waals surface area (Å²) in [5, 5.41) is 11.4. The van der Waals surface area contributed by atoms with Crippen LogP contribution in [0.2, 0.25) is 0 Å². The molecule has 29 heavy (non-hydrogen) atoms. The van der Waals surface area contributed by atoms with Gasteiger partial charge in [0.15, 0.2) is 0 Å². The van der Waals surface area contributed by atoms with E-state index in [-0.39, 0.29) is 17.7 Å². The molecule has 2 aliphatic heterocycles. The summed E-state index contributed by atoms with van der Waals surface area (Å²) in [7, 11) is 0. The quantitative estimate of drug-likeness (QED) is 0.846. The number of aryl methyl sites for hydroxylation is 1. The molecule has 2 aromatic rings.